The quantitative estimate of drug-likeness (QED) is 0.480. The number of carbonyl (C=O) groups is 3. The van der Waals surface area contributed by atoms with Gasteiger partial charge in [-0.1, -0.05) is 24.3 Å². The number of amides is 1. The molecule has 0 unspecified atom stereocenters. The minimum atomic E-state index is -0.687. The number of anilines is 1. The summed E-state index contributed by atoms with van der Waals surface area (Å²) in [5, 5.41) is 0. The van der Waals surface area contributed by atoms with E-state index in [9.17, 15) is 14.4 Å². The number of benzene rings is 2. The van der Waals surface area contributed by atoms with Crippen LogP contribution in [0.4, 0.5) is 5.69 Å². The van der Waals surface area contributed by atoms with Crippen LogP contribution in [0.15, 0.2) is 48.5 Å². The van der Waals surface area contributed by atoms with E-state index in [1.807, 2.05) is 0 Å². The number of carbonyl (C=O) groups excluding carboxylic acids is 3. The van der Waals surface area contributed by atoms with E-state index in [1.165, 1.54) is 18.0 Å². The van der Waals surface area contributed by atoms with Crippen molar-refractivity contribution < 1.29 is 19.1 Å². The topological polar surface area (TPSA) is 63.7 Å². The fourth-order valence-electron chi connectivity index (χ4n) is 2.25. The second kappa shape index (κ2) is 4.86. The number of esters is 1. The first-order chi connectivity index (χ1) is 10.1. The summed E-state index contributed by atoms with van der Waals surface area (Å²) >= 11 is 0. The van der Waals surface area contributed by atoms with Crippen LogP contribution in [0.5, 0.6) is 5.75 Å². The molecule has 3 rings (SSSR count). The van der Waals surface area contributed by atoms with E-state index in [1.54, 1.807) is 42.5 Å². The van der Waals surface area contributed by atoms with Crippen molar-refractivity contribution in [2.45, 2.75) is 0 Å². The molecule has 0 saturated carbocycles. The number of rotatable bonds is 2. The molecule has 0 atom stereocenters. The van der Waals surface area contributed by atoms with Gasteiger partial charge in [-0.15, -0.1) is 0 Å². The van der Waals surface area contributed by atoms with Crippen LogP contribution in [0.3, 0.4) is 0 Å². The van der Waals surface area contributed by atoms with Gasteiger partial charge in [0.15, 0.2) is 0 Å². The van der Waals surface area contributed by atoms with Crippen LogP contribution in [0, 0.1) is 0 Å². The number of nitrogens with zero attached hydrogens (tertiary/aromatic N) is 1. The molecule has 104 valence electrons. The maximum atomic E-state index is 12.2. The molecular weight excluding hydrogens is 270 g/mol. The lowest BCUT2D eigenvalue weighted by Gasteiger charge is -2.10. The standard InChI is InChI=1S/C16H11NO4/c1-17-12-9-5-8-11(13(12)14(18)15(17)19)16(20)21-10-6-3-2-4-7-10/h2-9H,1H3. The van der Waals surface area contributed by atoms with Crippen LogP contribution in [0.1, 0.15) is 20.7 Å². The monoisotopic (exact) mass is 281 g/mol. The first kappa shape index (κ1) is 13.1. The molecule has 0 radical (unpaired) electrons. The Bertz CT molecular complexity index is 752. The predicted molar refractivity (Wildman–Crippen MR) is 75.6 cm³/mol. The Morgan fingerprint density at radius 1 is 1.00 bits per heavy atom. The molecule has 2 aromatic rings. The van der Waals surface area contributed by atoms with E-state index < -0.39 is 17.7 Å². The largest absolute Gasteiger partial charge is 0.423 e. The number of hydrogen-bond donors (Lipinski definition) is 0. The molecule has 0 saturated heterocycles. The normalized spacial score (nSPS) is 13.3. The third-order valence-corrected chi connectivity index (χ3v) is 3.30. The Morgan fingerprint density at radius 3 is 2.43 bits per heavy atom. The summed E-state index contributed by atoms with van der Waals surface area (Å²) in [6.07, 6.45) is 0. The summed E-state index contributed by atoms with van der Waals surface area (Å²) < 4.78 is 5.22. The lowest BCUT2D eigenvalue weighted by Crippen LogP contribution is -2.25. The molecule has 0 aromatic heterocycles. The highest BCUT2D eigenvalue weighted by Crippen LogP contribution is 2.30. The van der Waals surface area contributed by atoms with Crippen LogP contribution >= 0.6 is 0 Å². The molecule has 0 aliphatic carbocycles. The first-order valence-corrected chi connectivity index (χ1v) is 6.32. The highest BCUT2D eigenvalue weighted by Gasteiger charge is 2.37. The second-order valence-corrected chi connectivity index (χ2v) is 4.60. The average molecular weight is 281 g/mol. The Labute approximate surface area is 120 Å². The third-order valence-electron chi connectivity index (χ3n) is 3.30. The van der Waals surface area contributed by atoms with Gasteiger partial charge in [0.25, 0.3) is 11.7 Å². The predicted octanol–water partition coefficient (Wildman–Crippen LogP) is 2.06. The molecule has 0 bridgehead atoms. The SMILES string of the molecule is CN1C(=O)C(=O)c2c(C(=O)Oc3ccccc3)cccc21. The van der Waals surface area contributed by atoms with Gasteiger partial charge in [0.1, 0.15) is 5.75 Å². The van der Waals surface area contributed by atoms with Gasteiger partial charge in [-0.3, -0.25) is 9.59 Å². The first-order valence-electron chi connectivity index (χ1n) is 6.32. The van der Waals surface area contributed by atoms with E-state index >= 15 is 0 Å². The van der Waals surface area contributed by atoms with Crippen molar-refractivity contribution in [2.75, 3.05) is 11.9 Å². The number of Topliss-reactive ketones (excluding diaryl/α,β-unsaturated/α-hetero) is 1. The van der Waals surface area contributed by atoms with Gasteiger partial charge in [-0.25, -0.2) is 4.79 Å². The molecule has 1 aliphatic heterocycles. The Hall–Kier alpha value is -2.95. The summed E-state index contributed by atoms with van der Waals surface area (Å²) in [4.78, 5) is 37.2. The number of ketones is 1. The number of ether oxygens (including phenoxy) is 1. The van der Waals surface area contributed by atoms with Crippen LogP contribution < -0.4 is 9.64 Å². The highest BCUT2D eigenvalue weighted by molar-refractivity contribution is 6.53. The van der Waals surface area contributed by atoms with Crippen molar-refractivity contribution in [2.24, 2.45) is 0 Å². The van der Waals surface area contributed by atoms with Crippen LogP contribution in [-0.4, -0.2) is 24.7 Å². The van der Waals surface area contributed by atoms with Crippen molar-refractivity contribution in [3.05, 3.63) is 59.7 Å². The van der Waals surface area contributed by atoms with Crippen molar-refractivity contribution in [3.8, 4) is 5.75 Å². The molecule has 21 heavy (non-hydrogen) atoms. The van der Waals surface area contributed by atoms with Gasteiger partial charge in [0, 0.05) is 7.05 Å². The van der Waals surface area contributed by atoms with E-state index in [-0.39, 0.29) is 11.1 Å². The third kappa shape index (κ3) is 2.08. The van der Waals surface area contributed by atoms with E-state index in [0.29, 0.717) is 11.4 Å². The molecule has 5 nitrogen and oxygen atoms in total. The molecule has 0 fully saturated rings. The van der Waals surface area contributed by atoms with Crippen molar-refractivity contribution in [1.29, 1.82) is 0 Å². The molecule has 0 spiro atoms. The Kier molecular flexibility index (Phi) is 3.02. The second-order valence-electron chi connectivity index (χ2n) is 4.60. The van der Waals surface area contributed by atoms with Crippen LogP contribution in [-0.2, 0) is 4.79 Å². The zero-order chi connectivity index (χ0) is 15.0. The maximum Gasteiger partial charge on any atom is 0.344 e. The number of hydrogen-bond acceptors (Lipinski definition) is 4. The average Bonchev–Trinajstić information content (AvgIpc) is 2.73. The van der Waals surface area contributed by atoms with Crippen LogP contribution in [0.25, 0.3) is 0 Å². The van der Waals surface area contributed by atoms with E-state index in [4.69, 9.17) is 4.74 Å². The van der Waals surface area contributed by atoms with Gasteiger partial charge in [0.2, 0.25) is 0 Å². The van der Waals surface area contributed by atoms with Gasteiger partial charge in [0.05, 0.1) is 16.8 Å². The fourth-order valence-corrected chi connectivity index (χ4v) is 2.25. The van der Waals surface area contributed by atoms with Crippen molar-refractivity contribution >= 4 is 23.3 Å². The number of para-hydroxylation sites is 1. The summed E-state index contributed by atoms with van der Waals surface area (Å²) in [7, 11) is 1.50. The van der Waals surface area contributed by atoms with Gasteiger partial charge >= 0.3 is 5.97 Å². The lowest BCUT2D eigenvalue weighted by molar-refractivity contribution is -0.114. The van der Waals surface area contributed by atoms with E-state index in [0.717, 1.165) is 0 Å². The molecule has 1 heterocycles. The fraction of sp³-hybridized carbons (Fsp3) is 0.0625. The smallest absolute Gasteiger partial charge is 0.344 e. The highest BCUT2D eigenvalue weighted by atomic mass is 16.5. The summed E-state index contributed by atoms with van der Waals surface area (Å²) in [5.74, 6) is -1.61. The maximum absolute atomic E-state index is 12.2. The van der Waals surface area contributed by atoms with Crippen molar-refractivity contribution in [1.82, 2.24) is 0 Å². The molecule has 1 aliphatic rings. The zero-order valence-corrected chi connectivity index (χ0v) is 11.2. The minimum absolute atomic E-state index is 0.0963. The number of fused-ring (bicyclic) bond motifs is 1. The van der Waals surface area contributed by atoms with Gasteiger partial charge in [-0.05, 0) is 24.3 Å². The molecule has 2 aromatic carbocycles. The van der Waals surface area contributed by atoms with E-state index in [2.05, 4.69) is 0 Å². The number of likely N-dealkylation sites (N-methyl/N-ethyl adjacent to an activating group) is 1. The van der Waals surface area contributed by atoms with Crippen molar-refractivity contribution in [3.63, 3.8) is 0 Å². The molecule has 1 amide bonds. The summed E-state index contributed by atoms with van der Waals surface area (Å²) in [6.45, 7) is 0. The minimum Gasteiger partial charge on any atom is -0.423 e. The Balaban J connectivity index is 2.00. The molecule has 0 N–H and O–H groups in total. The summed E-state index contributed by atoms with van der Waals surface area (Å²) in [5.41, 5.74) is 0.623. The molecule has 5 heteroatoms. The Morgan fingerprint density at radius 2 is 1.71 bits per heavy atom. The zero-order valence-electron chi connectivity index (χ0n) is 11.2. The van der Waals surface area contributed by atoms with Crippen LogP contribution in [0.2, 0.25) is 0 Å². The van der Waals surface area contributed by atoms with Gasteiger partial charge in [-0.2, -0.15) is 0 Å². The molecular formula is C16H11NO4. The van der Waals surface area contributed by atoms with Gasteiger partial charge < -0.3 is 9.64 Å². The summed E-state index contributed by atoms with van der Waals surface area (Å²) in [6, 6.07) is 13.3. The lowest BCUT2D eigenvalue weighted by atomic mass is 10.0.